The minimum atomic E-state index is 0.683. The Balaban J connectivity index is 2.32. The highest BCUT2D eigenvalue weighted by molar-refractivity contribution is 7.11. The molecule has 86 valence electrons. The molecule has 1 aromatic heterocycles. The van der Waals surface area contributed by atoms with E-state index in [4.69, 9.17) is 0 Å². The largest absolute Gasteiger partial charge is 0.309 e. The van der Waals surface area contributed by atoms with E-state index in [2.05, 4.69) is 31.1 Å². The van der Waals surface area contributed by atoms with E-state index < -0.39 is 0 Å². The van der Waals surface area contributed by atoms with E-state index in [0.29, 0.717) is 6.04 Å². The molecule has 0 aliphatic rings. The molecule has 0 saturated carbocycles. The molecule has 1 N–H and O–H groups in total. The highest BCUT2D eigenvalue weighted by Gasteiger charge is 2.06. The average molecular weight is 226 g/mol. The van der Waals surface area contributed by atoms with Gasteiger partial charge in [0.1, 0.15) is 0 Å². The van der Waals surface area contributed by atoms with Gasteiger partial charge in [0.25, 0.3) is 0 Å². The molecule has 3 heteroatoms. The maximum absolute atomic E-state index is 4.27. The Morgan fingerprint density at radius 3 is 2.47 bits per heavy atom. The zero-order valence-corrected chi connectivity index (χ0v) is 10.9. The molecule has 0 aliphatic heterocycles. The zero-order chi connectivity index (χ0) is 11.1. The predicted octanol–water partition coefficient (Wildman–Crippen LogP) is 3.51. The molecule has 0 fully saturated rings. The number of rotatable bonds is 7. The third-order valence-corrected chi connectivity index (χ3v) is 3.42. The molecule has 0 spiro atoms. The molecule has 1 heterocycles. The van der Waals surface area contributed by atoms with Gasteiger partial charge in [-0.05, 0) is 19.8 Å². The number of thiazole rings is 1. The molecule has 0 saturated heterocycles. The molecule has 15 heavy (non-hydrogen) atoms. The highest BCUT2D eigenvalue weighted by Crippen LogP contribution is 2.12. The number of hydrogen-bond acceptors (Lipinski definition) is 3. The van der Waals surface area contributed by atoms with Crippen molar-refractivity contribution >= 4 is 11.3 Å². The van der Waals surface area contributed by atoms with Crippen LogP contribution in [0.5, 0.6) is 0 Å². The van der Waals surface area contributed by atoms with E-state index in [1.54, 1.807) is 11.3 Å². The monoisotopic (exact) mass is 226 g/mol. The highest BCUT2D eigenvalue weighted by atomic mass is 32.1. The molecule has 0 aromatic carbocycles. The Bertz CT molecular complexity index is 264. The number of aryl methyl sites for hydroxylation is 1. The summed E-state index contributed by atoms with van der Waals surface area (Å²) in [7, 11) is 0. The fourth-order valence-corrected chi connectivity index (χ4v) is 2.52. The van der Waals surface area contributed by atoms with E-state index in [-0.39, 0.29) is 0 Å². The van der Waals surface area contributed by atoms with Crippen LogP contribution in [0, 0.1) is 6.92 Å². The van der Waals surface area contributed by atoms with Crippen molar-refractivity contribution in [2.45, 2.75) is 59.0 Å². The summed E-state index contributed by atoms with van der Waals surface area (Å²) in [6.45, 7) is 7.54. The summed E-state index contributed by atoms with van der Waals surface area (Å²) < 4.78 is 0. The lowest BCUT2D eigenvalue weighted by atomic mass is 10.1. The Morgan fingerprint density at radius 1 is 1.33 bits per heavy atom. The summed E-state index contributed by atoms with van der Waals surface area (Å²) in [5.41, 5.74) is 0. The third kappa shape index (κ3) is 4.76. The molecule has 0 aliphatic carbocycles. The van der Waals surface area contributed by atoms with Gasteiger partial charge in [0.15, 0.2) is 0 Å². The van der Waals surface area contributed by atoms with Crippen LogP contribution in [-0.2, 0) is 6.54 Å². The molecule has 0 unspecified atom stereocenters. The SMILES string of the molecule is CCCC(CCC)NCc1cnc(C)s1. The van der Waals surface area contributed by atoms with E-state index in [0.717, 1.165) is 11.6 Å². The average Bonchev–Trinajstić information content (AvgIpc) is 2.61. The molecule has 1 rings (SSSR count). The fraction of sp³-hybridized carbons (Fsp3) is 0.750. The van der Waals surface area contributed by atoms with Crippen LogP contribution in [-0.4, -0.2) is 11.0 Å². The zero-order valence-electron chi connectivity index (χ0n) is 10.0. The predicted molar refractivity (Wildman–Crippen MR) is 67.3 cm³/mol. The van der Waals surface area contributed by atoms with Gasteiger partial charge >= 0.3 is 0 Å². The van der Waals surface area contributed by atoms with E-state index in [1.807, 2.05) is 6.20 Å². The second-order valence-electron chi connectivity index (χ2n) is 4.00. The van der Waals surface area contributed by atoms with Crippen LogP contribution >= 0.6 is 11.3 Å². The summed E-state index contributed by atoms with van der Waals surface area (Å²) in [5.74, 6) is 0. The number of nitrogens with zero attached hydrogens (tertiary/aromatic N) is 1. The van der Waals surface area contributed by atoms with E-state index in [9.17, 15) is 0 Å². The lowest BCUT2D eigenvalue weighted by Crippen LogP contribution is -2.27. The number of aromatic nitrogens is 1. The van der Waals surface area contributed by atoms with Gasteiger partial charge in [0, 0.05) is 23.7 Å². The molecule has 0 amide bonds. The fourth-order valence-electron chi connectivity index (χ4n) is 1.78. The first kappa shape index (κ1) is 12.7. The smallest absolute Gasteiger partial charge is 0.0897 e. The summed E-state index contributed by atoms with van der Waals surface area (Å²) in [4.78, 5) is 5.62. The van der Waals surface area contributed by atoms with Crippen molar-refractivity contribution in [3.8, 4) is 0 Å². The van der Waals surface area contributed by atoms with Crippen molar-refractivity contribution in [1.82, 2.24) is 10.3 Å². The van der Waals surface area contributed by atoms with Crippen LogP contribution in [0.1, 0.15) is 49.4 Å². The first-order valence-electron chi connectivity index (χ1n) is 5.91. The lowest BCUT2D eigenvalue weighted by Gasteiger charge is -2.16. The minimum Gasteiger partial charge on any atom is -0.309 e. The number of hydrogen-bond donors (Lipinski definition) is 1. The Kier molecular flexibility index (Phi) is 5.88. The van der Waals surface area contributed by atoms with Crippen molar-refractivity contribution in [2.24, 2.45) is 0 Å². The van der Waals surface area contributed by atoms with Gasteiger partial charge in [-0.1, -0.05) is 26.7 Å². The van der Waals surface area contributed by atoms with Gasteiger partial charge in [-0.2, -0.15) is 0 Å². The summed E-state index contributed by atoms with van der Waals surface area (Å²) >= 11 is 1.79. The Labute approximate surface area is 97.1 Å². The summed E-state index contributed by atoms with van der Waals surface area (Å²) in [6.07, 6.45) is 7.08. The van der Waals surface area contributed by atoms with Crippen LogP contribution in [0.25, 0.3) is 0 Å². The first-order chi connectivity index (χ1) is 7.26. The van der Waals surface area contributed by atoms with E-state index >= 15 is 0 Å². The standard InChI is InChI=1S/C12H22N2S/c1-4-6-11(7-5-2)14-9-12-8-13-10(3)15-12/h8,11,14H,4-7,9H2,1-3H3. The van der Waals surface area contributed by atoms with Crippen molar-refractivity contribution in [3.63, 3.8) is 0 Å². The molecule has 0 atom stereocenters. The van der Waals surface area contributed by atoms with Crippen LogP contribution in [0.4, 0.5) is 0 Å². The molecule has 0 radical (unpaired) electrons. The van der Waals surface area contributed by atoms with Gasteiger partial charge in [-0.3, -0.25) is 0 Å². The Morgan fingerprint density at radius 2 is 2.00 bits per heavy atom. The van der Waals surface area contributed by atoms with Crippen molar-refractivity contribution in [2.75, 3.05) is 0 Å². The van der Waals surface area contributed by atoms with Crippen LogP contribution in [0.2, 0.25) is 0 Å². The quantitative estimate of drug-likeness (QED) is 0.769. The number of nitrogens with one attached hydrogen (secondary N) is 1. The van der Waals surface area contributed by atoms with Gasteiger partial charge in [0.2, 0.25) is 0 Å². The van der Waals surface area contributed by atoms with Crippen LogP contribution in [0.15, 0.2) is 6.20 Å². The van der Waals surface area contributed by atoms with Crippen LogP contribution < -0.4 is 5.32 Å². The second kappa shape index (κ2) is 6.96. The first-order valence-corrected chi connectivity index (χ1v) is 6.72. The van der Waals surface area contributed by atoms with Gasteiger partial charge in [-0.15, -0.1) is 11.3 Å². The minimum absolute atomic E-state index is 0.683. The van der Waals surface area contributed by atoms with Crippen molar-refractivity contribution in [3.05, 3.63) is 16.1 Å². The topological polar surface area (TPSA) is 24.9 Å². The third-order valence-electron chi connectivity index (χ3n) is 2.51. The maximum atomic E-state index is 4.27. The van der Waals surface area contributed by atoms with Gasteiger partial charge in [0.05, 0.1) is 5.01 Å². The van der Waals surface area contributed by atoms with Gasteiger partial charge in [-0.25, -0.2) is 4.98 Å². The molecular weight excluding hydrogens is 204 g/mol. The van der Waals surface area contributed by atoms with Crippen molar-refractivity contribution in [1.29, 1.82) is 0 Å². The van der Waals surface area contributed by atoms with Crippen LogP contribution in [0.3, 0.4) is 0 Å². The molecular formula is C12H22N2S. The van der Waals surface area contributed by atoms with E-state index in [1.165, 1.54) is 30.6 Å². The summed E-state index contributed by atoms with van der Waals surface area (Å²) in [5, 5.41) is 4.78. The second-order valence-corrected chi connectivity index (χ2v) is 5.32. The normalized spacial score (nSPS) is 11.2. The Hall–Kier alpha value is -0.410. The molecule has 2 nitrogen and oxygen atoms in total. The molecule has 0 bridgehead atoms. The summed E-state index contributed by atoms with van der Waals surface area (Å²) in [6, 6.07) is 0.683. The van der Waals surface area contributed by atoms with Crippen molar-refractivity contribution < 1.29 is 0 Å². The maximum Gasteiger partial charge on any atom is 0.0897 e. The van der Waals surface area contributed by atoms with Gasteiger partial charge < -0.3 is 5.32 Å². The molecule has 1 aromatic rings. The lowest BCUT2D eigenvalue weighted by molar-refractivity contribution is 0.445.